The molecule has 0 heterocycles. The Labute approximate surface area is 133 Å². The van der Waals surface area contributed by atoms with Gasteiger partial charge in [-0.3, -0.25) is 4.79 Å². The molecule has 0 aromatic heterocycles. The standard InChI is InChI=1S/C16H20BrNO3/c1-10-5-7-16(8-6-10,15(20)21)18-14(19)12-3-4-13(17)11(2)9-12/h3-4,9-10H,5-8H2,1-2H3,(H,18,19)(H,20,21). The SMILES string of the molecule is Cc1cc(C(=O)NC2(C(=O)O)CCC(C)CC2)ccc1Br. The predicted octanol–water partition coefficient (Wildman–Crippen LogP) is 3.52. The first-order valence-corrected chi connectivity index (χ1v) is 7.95. The molecular weight excluding hydrogens is 334 g/mol. The van der Waals surface area contributed by atoms with E-state index in [1.165, 1.54) is 0 Å². The van der Waals surface area contributed by atoms with E-state index in [4.69, 9.17) is 0 Å². The summed E-state index contributed by atoms with van der Waals surface area (Å²) in [7, 11) is 0. The fourth-order valence-electron chi connectivity index (χ4n) is 2.72. The highest BCUT2D eigenvalue weighted by Gasteiger charge is 2.42. The number of carboxylic acid groups (broad SMARTS) is 1. The second-order valence-corrected chi connectivity index (χ2v) is 6.84. The van der Waals surface area contributed by atoms with Crippen molar-refractivity contribution in [2.24, 2.45) is 5.92 Å². The van der Waals surface area contributed by atoms with Crippen LogP contribution in [-0.2, 0) is 4.79 Å². The third-order valence-electron chi connectivity index (χ3n) is 4.31. The highest BCUT2D eigenvalue weighted by Crippen LogP contribution is 2.32. The fraction of sp³-hybridized carbons (Fsp3) is 0.500. The molecule has 1 fully saturated rings. The fourth-order valence-corrected chi connectivity index (χ4v) is 2.97. The van der Waals surface area contributed by atoms with Crippen LogP contribution in [0.3, 0.4) is 0 Å². The maximum absolute atomic E-state index is 12.4. The number of aliphatic carboxylic acids is 1. The molecule has 0 atom stereocenters. The van der Waals surface area contributed by atoms with Gasteiger partial charge in [-0.15, -0.1) is 0 Å². The maximum Gasteiger partial charge on any atom is 0.329 e. The summed E-state index contributed by atoms with van der Waals surface area (Å²) in [5, 5.41) is 12.3. The van der Waals surface area contributed by atoms with E-state index in [1.807, 2.05) is 6.92 Å². The van der Waals surface area contributed by atoms with Gasteiger partial charge in [0.15, 0.2) is 0 Å². The third-order valence-corrected chi connectivity index (χ3v) is 5.20. The van der Waals surface area contributed by atoms with Crippen LogP contribution >= 0.6 is 15.9 Å². The topological polar surface area (TPSA) is 66.4 Å². The molecule has 1 aliphatic carbocycles. The van der Waals surface area contributed by atoms with E-state index in [2.05, 4.69) is 28.2 Å². The molecule has 2 rings (SSSR count). The molecule has 2 N–H and O–H groups in total. The first kappa shape index (κ1) is 16.0. The first-order valence-electron chi connectivity index (χ1n) is 7.16. The van der Waals surface area contributed by atoms with Crippen LogP contribution in [0.4, 0.5) is 0 Å². The van der Waals surface area contributed by atoms with Crippen molar-refractivity contribution < 1.29 is 14.7 Å². The van der Waals surface area contributed by atoms with Crippen LogP contribution in [0.15, 0.2) is 22.7 Å². The number of aryl methyl sites for hydroxylation is 1. The Morgan fingerprint density at radius 2 is 1.95 bits per heavy atom. The zero-order chi connectivity index (χ0) is 15.6. The lowest BCUT2D eigenvalue weighted by Crippen LogP contribution is -2.56. The zero-order valence-corrected chi connectivity index (χ0v) is 13.9. The van der Waals surface area contributed by atoms with Crippen LogP contribution in [0.2, 0.25) is 0 Å². The Bertz CT molecular complexity index is 563. The van der Waals surface area contributed by atoms with Gasteiger partial charge in [0, 0.05) is 10.0 Å². The molecule has 21 heavy (non-hydrogen) atoms. The highest BCUT2D eigenvalue weighted by atomic mass is 79.9. The molecule has 4 nitrogen and oxygen atoms in total. The molecule has 1 saturated carbocycles. The van der Waals surface area contributed by atoms with E-state index in [1.54, 1.807) is 18.2 Å². The summed E-state index contributed by atoms with van der Waals surface area (Å²) in [5.74, 6) is -0.733. The van der Waals surface area contributed by atoms with E-state index in [9.17, 15) is 14.7 Å². The summed E-state index contributed by atoms with van der Waals surface area (Å²) in [5.41, 5.74) is 0.323. The van der Waals surface area contributed by atoms with Crippen molar-refractivity contribution >= 4 is 27.8 Å². The van der Waals surface area contributed by atoms with Crippen molar-refractivity contribution in [1.82, 2.24) is 5.32 Å². The van der Waals surface area contributed by atoms with Crippen molar-refractivity contribution in [2.45, 2.75) is 45.1 Å². The van der Waals surface area contributed by atoms with Gasteiger partial charge in [0.2, 0.25) is 0 Å². The lowest BCUT2D eigenvalue weighted by molar-refractivity contribution is -0.146. The van der Waals surface area contributed by atoms with Crippen LogP contribution in [0.25, 0.3) is 0 Å². The van der Waals surface area contributed by atoms with Gasteiger partial charge in [0.25, 0.3) is 5.91 Å². The van der Waals surface area contributed by atoms with Crippen LogP contribution in [-0.4, -0.2) is 22.5 Å². The molecule has 5 heteroatoms. The maximum atomic E-state index is 12.4. The molecule has 0 saturated heterocycles. The van der Waals surface area contributed by atoms with Crippen molar-refractivity contribution in [3.63, 3.8) is 0 Å². The van der Waals surface area contributed by atoms with Gasteiger partial charge < -0.3 is 10.4 Å². The number of carboxylic acids is 1. The number of carbonyl (C=O) groups excluding carboxylic acids is 1. The van der Waals surface area contributed by atoms with Crippen molar-refractivity contribution in [3.8, 4) is 0 Å². The Kier molecular flexibility index (Phi) is 4.71. The second-order valence-electron chi connectivity index (χ2n) is 5.99. The monoisotopic (exact) mass is 353 g/mol. The Morgan fingerprint density at radius 1 is 1.33 bits per heavy atom. The Hall–Kier alpha value is -1.36. The predicted molar refractivity (Wildman–Crippen MR) is 84.3 cm³/mol. The van der Waals surface area contributed by atoms with Gasteiger partial charge in [-0.2, -0.15) is 0 Å². The van der Waals surface area contributed by atoms with Crippen LogP contribution < -0.4 is 5.32 Å². The summed E-state index contributed by atoms with van der Waals surface area (Å²) in [4.78, 5) is 24.0. The average molecular weight is 354 g/mol. The Balaban J connectivity index is 2.19. The van der Waals surface area contributed by atoms with Crippen LogP contribution in [0.5, 0.6) is 0 Å². The van der Waals surface area contributed by atoms with Crippen molar-refractivity contribution in [3.05, 3.63) is 33.8 Å². The molecular formula is C16H20BrNO3. The number of halogens is 1. The molecule has 0 spiro atoms. The second kappa shape index (κ2) is 6.18. The van der Waals surface area contributed by atoms with Gasteiger partial charge >= 0.3 is 5.97 Å². The number of benzene rings is 1. The van der Waals surface area contributed by atoms with Gasteiger partial charge in [-0.05, 0) is 62.3 Å². The number of carbonyl (C=O) groups is 2. The summed E-state index contributed by atoms with van der Waals surface area (Å²) in [6, 6.07) is 5.27. The molecule has 0 radical (unpaired) electrons. The molecule has 0 aliphatic heterocycles. The van der Waals surface area contributed by atoms with Gasteiger partial charge in [-0.25, -0.2) is 4.79 Å². The molecule has 0 bridgehead atoms. The normalized spacial score (nSPS) is 25.4. The molecule has 1 aromatic rings. The van der Waals surface area contributed by atoms with E-state index in [0.29, 0.717) is 24.3 Å². The minimum Gasteiger partial charge on any atom is -0.480 e. The number of hydrogen-bond donors (Lipinski definition) is 2. The van der Waals surface area contributed by atoms with Gasteiger partial charge in [0.1, 0.15) is 5.54 Å². The first-order chi connectivity index (χ1) is 9.84. The molecule has 1 amide bonds. The van der Waals surface area contributed by atoms with Crippen LogP contribution in [0.1, 0.15) is 48.5 Å². The molecule has 1 aliphatic rings. The number of hydrogen-bond acceptors (Lipinski definition) is 2. The van der Waals surface area contributed by atoms with Crippen LogP contribution in [0, 0.1) is 12.8 Å². The average Bonchev–Trinajstić information content (AvgIpc) is 2.44. The van der Waals surface area contributed by atoms with E-state index in [-0.39, 0.29) is 5.91 Å². The minimum absolute atomic E-state index is 0.317. The van der Waals surface area contributed by atoms with E-state index >= 15 is 0 Å². The lowest BCUT2D eigenvalue weighted by atomic mass is 9.77. The Morgan fingerprint density at radius 3 is 2.48 bits per heavy atom. The molecule has 0 unspecified atom stereocenters. The van der Waals surface area contributed by atoms with E-state index in [0.717, 1.165) is 22.9 Å². The summed E-state index contributed by atoms with van der Waals surface area (Å²) < 4.78 is 0.929. The number of nitrogens with one attached hydrogen (secondary N) is 1. The van der Waals surface area contributed by atoms with E-state index < -0.39 is 11.5 Å². The van der Waals surface area contributed by atoms with Gasteiger partial charge in [0.05, 0.1) is 0 Å². The largest absolute Gasteiger partial charge is 0.480 e. The summed E-state index contributed by atoms with van der Waals surface area (Å²) in [6.07, 6.45) is 2.63. The highest BCUT2D eigenvalue weighted by molar-refractivity contribution is 9.10. The molecule has 1 aromatic carbocycles. The smallest absolute Gasteiger partial charge is 0.329 e. The van der Waals surface area contributed by atoms with Crippen molar-refractivity contribution in [1.29, 1.82) is 0 Å². The summed E-state index contributed by atoms with van der Waals surface area (Å²) >= 11 is 3.39. The minimum atomic E-state index is -1.12. The summed E-state index contributed by atoms with van der Waals surface area (Å²) in [6.45, 7) is 4.02. The zero-order valence-electron chi connectivity index (χ0n) is 12.3. The quantitative estimate of drug-likeness (QED) is 0.873. The van der Waals surface area contributed by atoms with Crippen molar-refractivity contribution in [2.75, 3.05) is 0 Å². The number of rotatable bonds is 3. The van der Waals surface area contributed by atoms with Gasteiger partial charge in [-0.1, -0.05) is 22.9 Å². The number of amides is 1. The molecule has 114 valence electrons. The lowest BCUT2D eigenvalue weighted by Gasteiger charge is -2.36. The third kappa shape index (κ3) is 3.46.